The second-order valence-electron chi connectivity index (χ2n) is 9.45. The minimum absolute atomic E-state index is 0.0161. The summed E-state index contributed by atoms with van der Waals surface area (Å²) in [6.45, 7) is 5.87. The van der Waals surface area contributed by atoms with Gasteiger partial charge in [-0.1, -0.05) is 67.4 Å². The molecule has 7 nitrogen and oxygen atoms in total. The molecule has 3 aromatic carbocycles. The van der Waals surface area contributed by atoms with E-state index in [1.54, 1.807) is 25.1 Å². The van der Waals surface area contributed by atoms with Crippen molar-refractivity contribution in [1.29, 1.82) is 0 Å². The molecule has 0 saturated carbocycles. The number of nitrogens with zero attached hydrogens (tertiary/aromatic N) is 2. The lowest BCUT2D eigenvalue weighted by Crippen LogP contribution is -2.52. The van der Waals surface area contributed by atoms with Crippen LogP contribution < -0.4 is 9.62 Å². The monoisotopic (exact) mass is 569 g/mol. The highest BCUT2D eigenvalue weighted by Crippen LogP contribution is 2.26. The highest BCUT2D eigenvalue weighted by atomic mass is 35.5. The van der Waals surface area contributed by atoms with Crippen LogP contribution in [0.2, 0.25) is 5.02 Å². The Hall–Kier alpha value is -3.36. The second-order valence-corrected chi connectivity index (χ2v) is 11.7. The number of sulfonamides is 1. The van der Waals surface area contributed by atoms with Crippen LogP contribution in [0.4, 0.5) is 5.69 Å². The van der Waals surface area contributed by atoms with Gasteiger partial charge in [-0.2, -0.15) is 0 Å². The molecule has 0 bridgehead atoms. The van der Waals surface area contributed by atoms with Gasteiger partial charge >= 0.3 is 0 Å². The maximum atomic E-state index is 13.9. The molecule has 0 radical (unpaired) electrons. The summed E-state index contributed by atoms with van der Waals surface area (Å²) in [5, 5.41) is 3.30. The van der Waals surface area contributed by atoms with Crippen molar-refractivity contribution in [1.82, 2.24) is 10.2 Å². The summed E-state index contributed by atoms with van der Waals surface area (Å²) in [5.74, 6) is -0.740. The summed E-state index contributed by atoms with van der Waals surface area (Å²) in [4.78, 5) is 28.3. The van der Waals surface area contributed by atoms with Crippen molar-refractivity contribution in [2.24, 2.45) is 0 Å². The summed E-state index contributed by atoms with van der Waals surface area (Å²) in [6, 6.07) is 21.7. The van der Waals surface area contributed by atoms with Gasteiger partial charge in [0.25, 0.3) is 10.0 Å². The minimum atomic E-state index is -4.12. The fraction of sp³-hybridized carbons (Fsp3) is 0.333. The van der Waals surface area contributed by atoms with E-state index in [0.717, 1.165) is 28.3 Å². The maximum Gasteiger partial charge on any atom is 0.264 e. The van der Waals surface area contributed by atoms with E-state index in [0.29, 0.717) is 23.7 Å². The molecule has 0 aliphatic rings. The van der Waals surface area contributed by atoms with Crippen LogP contribution in [0.15, 0.2) is 83.8 Å². The number of aryl methyl sites for hydroxylation is 1. The van der Waals surface area contributed by atoms with Gasteiger partial charge in [-0.3, -0.25) is 13.9 Å². The minimum Gasteiger partial charge on any atom is -0.354 e. The summed E-state index contributed by atoms with van der Waals surface area (Å²) in [6.07, 6.45) is 2.28. The van der Waals surface area contributed by atoms with E-state index in [1.807, 2.05) is 50.2 Å². The molecule has 1 unspecified atom stereocenters. The van der Waals surface area contributed by atoms with Gasteiger partial charge in [0.15, 0.2) is 0 Å². The molecule has 39 heavy (non-hydrogen) atoms. The number of benzene rings is 3. The van der Waals surface area contributed by atoms with Crippen LogP contribution in [-0.4, -0.2) is 50.8 Å². The number of hydrogen-bond donors (Lipinski definition) is 1. The lowest BCUT2D eigenvalue weighted by Gasteiger charge is -2.32. The standard InChI is InChI=1S/C30H36ClN3O4S/c1-4-5-19-32-30(36)24(3)33(20-18-25-11-7-6-8-12-25)29(35)22-34(27-13-9-10-23(2)21-27)39(37,38)28-16-14-26(31)15-17-28/h6-17,21,24H,4-5,18-20,22H2,1-3H3,(H,32,36). The quantitative estimate of drug-likeness (QED) is 0.286. The Kier molecular flexibility index (Phi) is 10.9. The predicted octanol–water partition coefficient (Wildman–Crippen LogP) is 5.22. The SMILES string of the molecule is CCCCNC(=O)C(C)N(CCc1ccccc1)C(=O)CN(c1cccc(C)c1)S(=O)(=O)c1ccc(Cl)cc1. The van der Waals surface area contributed by atoms with Crippen molar-refractivity contribution in [3.8, 4) is 0 Å². The first-order chi connectivity index (χ1) is 18.6. The van der Waals surface area contributed by atoms with Crippen molar-refractivity contribution in [3.05, 3.63) is 95.0 Å². The zero-order valence-corrected chi connectivity index (χ0v) is 24.2. The van der Waals surface area contributed by atoms with E-state index in [4.69, 9.17) is 11.6 Å². The summed E-state index contributed by atoms with van der Waals surface area (Å²) in [7, 11) is -4.12. The topological polar surface area (TPSA) is 86.8 Å². The van der Waals surface area contributed by atoms with Gasteiger partial charge in [-0.15, -0.1) is 0 Å². The van der Waals surface area contributed by atoms with Crippen LogP contribution in [-0.2, 0) is 26.0 Å². The molecule has 0 spiro atoms. The fourth-order valence-corrected chi connectivity index (χ4v) is 5.68. The highest BCUT2D eigenvalue weighted by molar-refractivity contribution is 7.92. The first kappa shape index (κ1) is 30.2. The van der Waals surface area contributed by atoms with Gasteiger partial charge in [0.05, 0.1) is 10.6 Å². The van der Waals surface area contributed by atoms with Gasteiger partial charge < -0.3 is 10.2 Å². The van der Waals surface area contributed by atoms with Crippen molar-refractivity contribution >= 4 is 39.1 Å². The van der Waals surface area contributed by atoms with Gasteiger partial charge in [0.2, 0.25) is 11.8 Å². The molecule has 208 valence electrons. The number of carbonyl (C=O) groups excluding carboxylic acids is 2. The van der Waals surface area contributed by atoms with Crippen LogP contribution in [0.1, 0.15) is 37.8 Å². The van der Waals surface area contributed by atoms with Crippen LogP contribution in [0.25, 0.3) is 0 Å². The van der Waals surface area contributed by atoms with Crippen LogP contribution >= 0.6 is 11.6 Å². The van der Waals surface area contributed by atoms with Gasteiger partial charge in [0.1, 0.15) is 12.6 Å². The normalized spacial score (nSPS) is 12.0. The zero-order valence-electron chi connectivity index (χ0n) is 22.6. The maximum absolute atomic E-state index is 13.9. The zero-order chi connectivity index (χ0) is 28.4. The van der Waals surface area contributed by atoms with E-state index in [-0.39, 0.29) is 17.3 Å². The third-order valence-electron chi connectivity index (χ3n) is 6.45. The van der Waals surface area contributed by atoms with Gasteiger partial charge in [0, 0.05) is 18.1 Å². The first-order valence-electron chi connectivity index (χ1n) is 13.1. The molecule has 0 aliphatic carbocycles. The lowest BCUT2D eigenvalue weighted by molar-refractivity contribution is -0.138. The van der Waals surface area contributed by atoms with Gasteiger partial charge in [-0.25, -0.2) is 8.42 Å². The third kappa shape index (κ3) is 8.31. The number of halogens is 1. The van der Waals surface area contributed by atoms with Crippen molar-refractivity contribution in [2.45, 2.75) is 51.0 Å². The average Bonchev–Trinajstić information content (AvgIpc) is 2.92. The molecule has 0 aliphatic heterocycles. The van der Waals surface area contributed by atoms with Crippen LogP contribution in [0.5, 0.6) is 0 Å². The fourth-order valence-electron chi connectivity index (χ4n) is 4.15. The molecule has 0 saturated heterocycles. The smallest absolute Gasteiger partial charge is 0.264 e. The Labute approximate surface area is 236 Å². The average molecular weight is 570 g/mol. The highest BCUT2D eigenvalue weighted by Gasteiger charge is 2.32. The van der Waals surface area contributed by atoms with Crippen LogP contribution in [0, 0.1) is 6.92 Å². The number of amides is 2. The number of anilines is 1. The molecule has 1 atom stereocenters. The Morgan fingerprint density at radius 3 is 2.31 bits per heavy atom. The number of nitrogens with one attached hydrogen (secondary N) is 1. The van der Waals surface area contributed by atoms with E-state index >= 15 is 0 Å². The number of hydrogen-bond acceptors (Lipinski definition) is 4. The number of carbonyl (C=O) groups is 2. The van der Waals surface area contributed by atoms with Crippen molar-refractivity contribution in [2.75, 3.05) is 23.9 Å². The molecular weight excluding hydrogens is 534 g/mol. The summed E-state index contributed by atoms with van der Waals surface area (Å²) >= 11 is 5.99. The molecule has 1 N–H and O–H groups in total. The molecule has 0 heterocycles. The lowest BCUT2D eigenvalue weighted by atomic mass is 10.1. The van der Waals surface area contributed by atoms with E-state index in [9.17, 15) is 18.0 Å². The molecule has 3 aromatic rings. The number of unbranched alkanes of at least 4 members (excludes halogenated alkanes) is 1. The summed E-state index contributed by atoms with van der Waals surface area (Å²) in [5.41, 5.74) is 2.22. The van der Waals surface area contributed by atoms with Crippen LogP contribution in [0.3, 0.4) is 0 Å². The Morgan fingerprint density at radius 1 is 0.974 bits per heavy atom. The van der Waals surface area contributed by atoms with Crippen molar-refractivity contribution in [3.63, 3.8) is 0 Å². The number of rotatable bonds is 13. The molecule has 0 aromatic heterocycles. The second kappa shape index (κ2) is 14.1. The van der Waals surface area contributed by atoms with E-state index < -0.39 is 28.5 Å². The molecule has 3 rings (SSSR count). The molecule has 0 fully saturated rings. The molecular formula is C30H36ClN3O4S. The Morgan fingerprint density at radius 2 is 1.67 bits per heavy atom. The Balaban J connectivity index is 1.95. The van der Waals surface area contributed by atoms with Crippen molar-refractivity contribution < 1.29 is 18.0 Å². The largest absolute Gasteiger partial charge is 0.354 e. The first-order valence-corrected chi connectivity index (χ1v) is 14.9. The third-order valence-corrected chi connectivity index (χ3v) is 8.49. The molecule has 2 amide bonds. The molecule has 9 heteroatoms. The van der Waals surface area contributed by atoms with E-state index in [1.165, 1.54) is 29.2 Å². The van der Waals surface area contributed by atoms with E-state index in [2.05, 4.69) is 5.32 Å². The predicted molar refractivity (Wildman–Crippen MR) is 156 cm³/mol. The van der Waals surface area contributed by atoms with Gasteiger partial charge in [-0.05, 0) is 74.2 Å². The Bertz CT molecular complexity index is 1350. The summed E-state index contributed by atoms with van der Waals surface area (Å²) < 4.78 is 28.7.